The lowest BCUT2D eigenvalue weighted by atomic mass is 9.91. The van der Waals surface area contributed by atoms with Crippen molar-refractivity contribution >= 4 is 0 Å². The lowest BCUT2D eigenvalue weighted by Crippen LogP contribution is -2.43. The van der Waals surface area contributed by atoms with Crippen molar-refractivity contribution in [1.29, 1.82) is 0 Å². The molecule has 1 N–H and O–H groups in total. The van der Waals surface area contributed by atoms with Crippen LogP contribution in [0.1, 0.15) is 38.8 Å². The van der Waals surface area contributed by atoms with Crippen molar-refractivity contribution in [1.82, 2.24) is 10.2 Å². The molecule has 118 valence electrons. The van der Waals surface area contributed by atoms with Crippen LogP contribution >= 0.6 is 0 Å². The minimum atomic E-state index is 0.393. The van der Waals surface area contributed by atoms with Gasteiger partial charge >= 0.3 is 0 Å². The number of hydrogen-bond acceptors (Lipinski definition) is 3. The first-order chi connectivity index (χ1) is 9.99. The molecule has 1 aromatic carbocycles. The van der Waals surface area contributed by atoms with Gasteiger partial charge < -0.3 is 15.0 Å². The number of rotatable bonds is 6. The van der Waals surface area contributed by atoms with Crippen LogP contribution in [0.2, 0.25) is 0 Å². The summed E-state index contributed by atoms with van der Waals surface area (Å²) in [5.74, 6) is 2.26. The molecule has 0 bridgehead atoms. The lowest BCUT2D eigenvalue weighted by Gasteiger charge is -2.35. The zero-order valence-corrected chi connectivity index (χ0v) is 14.1. The molecule has 0 saturated heterocycles. The van der Waals surface area contributed by atoms with Crippen LogP contribution in [-0.2, 0) is 0 Å². The molecule has 3 atom stereocenters. The van der Waals surface area contributed by atoms with Crippen LogP contribution in [0.5, 0.6) is 5.75 Å². The van der Waals surface area contributed by atoms with Gasteiger partial charge in [0.15, 0.2) is 0 Å². The second-order valence-electron chi connectivity index (χ2n) is 6.96. The van der Waals surface area contributed by atoms with Gasteiger partial charge in [-0.15, -0.1) is 0 Å². The molecule has 3 nitrogen and oxygen atoms in total. The van der Waals surface area contributed by atoms with Crippen LogP contribution in [-0.4, -0.2) is 38.2 Å². The molecule has 1 aliphatic heterocycles. The number of likely N-dealkylation sites (N-methyl/N-ethyl adjacent to an activating group) is 1. The highest BCUT2D eigenvalue weighted by atomic mass is 16.5. The first-order valence-electron chi connectivity index (χ1n) is 8.10. The van der Waals surface area contributed by atoms with Crippen molar-refractivity contribution in [3.63, 3.8) is 0 Å². The van der Waals surface area contributed by atoms with E-state index < -0.39 is 0 Å². The summed E-state index contributed by atoms with van der Waals surface area (Å²) >= 11 is 0. The Morgan fingerprint density at radius 2 is 2.00 bits per heavy atom. The van der Waals surface area contributed by atoms with Crippen LogP contribution in [0.25, 0.3) is 0 Å². The van der Waals surface area contributed by atoms with Gasteiger partial charge in [0.25, 0.3) is 0 Å². The third-order valence-corrected chi connectivity index (χ3v) is 4.37. The van der Waals surface area contributed by atoms with E-state index in [0.29, 0.717) is 18.0 Å². The van der Waals surface area contributed by atoms with Crippen LogP contribution in [0.4, 0.5) is 0 Å². The largest absolute Gasteiger partial charge is 0.493 e. The fraction of sp³-hybridized carbons (Fsp3) is 0.667. The highest BCUT2D eigenvalue weighted by Crippen LogP contribution is 2.34. The van der Waals surface area contributed by atoms with Gasteiger partial charge in [0, 0.05) is 30.1 Å². The van der Waals surface area contributed by atoms with E-state index in [-0.39, 0.29) is 0 Å². The molecule has 0 aromatic heterocycles. The van der Waals surface area contributed by atoms with Gasteiger partial charge in [-0.25, -0.2) is 0 Å². The summed E-state index contributed by atoms with van der Waals surface area (Å²) < 4.78 is 5.83. The maximum Gasteiger partial charge on any atom is 0.124 e. The third kappa shape index (κ3) is 4.21. The molecule has 3 unspecified atom stereocenters. The number of fused-ring (bicyclic) bond motifs is 1. The summed E-state index contributed by atoms with van der Waals surface area (Å²) in [6, 6.07) is 9.39. The predicted octanol–water partition coefficient (Wildman–Crippen LogP) is 3.32. The van der Waals surface area contributed by atoms with E-state index in [9.17, 15) is 0 Å². The summed E-state index contributed by atoms with van der Waals surface area (Å²) in [7, 11) is 4.35. The zero-order valence-electron chi connectivity index (χ0n) is 14.1. The van der Waals surface area contributed by atoms with Crippen molar-refractivity contribution in [3.05, 3.63) is 29.8 Å². The minimum absolute atomic E-state index is 0.393. The SMILES string of the molecule is CC(C)CC(CNC1c2ccccc2OCC1C)N(C)C. The van der Waals surface area contributed by atoms with E-state index in [1.54, 1.807) is 0 Å². The van der Waals surface area contributed by atoms with Gasteiger partial charge in [0.05, 0.1) is 6.61 Å². The molecule has 0 saturated carbocycles. The van der Waals surface area contributed by atoms with Gasteiger partial charge in [-0.3, -0.25) is 0 Å². The molecule has 1 heterocycles. The Morgan fingerprint density at radius 3 is 2.67 bits per heavy atom. The van der Waals surface area contributed by atoms with Crippen molar-refractivity contribution in [2.75, 3.05) is 27.2 Å². The van der Waals surface area contributed by atoms with Crippen molar-refractivity contribution in [2.45, 2.75) is 39.3 Å². The number of nitrogens with zero attached hydrogens (tertiary/aromatic N) is 1. The Hall–Kier alpha value is -1.06. The molecule has 0 aliphatic carbocycles. The van der Waals surface area contributed by atoms with Crippen LogP contribution in [0.15, 0.2) is 24.3 Å². The monoisotopic (exact) mass is 290 g/mol. The molecule has 0 fully saturated rings. The first kappa shape index (κ1) is 16.3. The van der Waals surface area contributed by atoms with Gasteiger partial charge in [-0.2, -0.15) is 0 Å². The van der Waals surface area contributed by atoms with Gasteiger partial charge in [0.1, 0.15) is 5.75 Å². The van der Waals surface area contributed by atoms with Gasteiger partial charge in [0.2, 0.25) is 0 Å². The fourth-order valence-electron chi connectivity index (χ4n) is 3.09. The molecule has 2 rings (SSSR count). The molecule has 0 spiro atoms. The number of hydrogen-bond donors (Lipinski definition) is 1. The summed E-state index contributed by atoms with van der Waals surface area (Å²) in [5.41, 5.74) is 1.30. The molecule has 1 aliphatic rings. The number of ether oxygens (including phenoxy) is 1. The minimum Gasteiger partial charge on any atom is -0.493 e. The Labute approximate surface area is 129 Å². The highest BCUT2D eigenvalue weighted by molar-refractivity contribution is 5.37. The fourth-order valence-corrected chi connectivity index (χ4v) is 3.09. The van der Waals surface area contributed by atoms with Crippen LogP contribution < -0.4 is 10.1 Å². The van der Waals surface area contributed by atoms with E-state index in [2.05, 4.69) is 63.3 Å². The number of nitrogens with one attached hydrogen (secondary N) is 1. The quantitative estimate of drug-likeness (QED) is 0.870. The molecule has 1 aromatic rings. The zero-order chi connectivity index (χ0) is 15.4. The predicted molar refractivity (Wildman–Crippen MR) is 88.8 cm³/mol. The maximum absolute atomic E-state index is 5.83. The first-order valence-corrected chi connectivity index (χ1v) is 8.10. The molecule has 21 heavy (non-hydrogen) atoms. The van der Waals surface area contributed by atoms with Crippen molar-refractivity contribution in [3.8, 4) is 5.75 Å². The molecule has 3 heteroatoms. The van der Waals surface area contributed by atoms with E-state index in [1.165, 1.54) is 12.0 Å². The van der Waals surface area contributed by atoms with Crippen molar-refractivity contribution < 1.29 is 4.74 Å². The second-order valence-corrected chi connectivity index (χ2v) is 6.96. The summed E-state index contributed by atoms with van der Waals surface area (Å²) in [5, 5.41) is 3.79. The average Bonchev–Trinajstić information content (AvgIpc) is 2.44. The summed E-state index contributed by atoms with van der Waals surface area (Å²) in [6.45, 7) is 8.67. The van der Waals surface area contributed by atoms with E-state index in [0.717, 1.165) is 24.8 Å². The maximum atomic E-state index is 5.83. The third-order valence-electron chi connectivity index (χ3n) is 4.37. The normalized spacial score (nSPS) is 23.0. The van der Waals surface area contributed by atoms with Gasteiger partial charge in [-0.1, -0.05) is 39.0 Å². The molecule has 0 radical (unpaired) electrons. The standard InChI is InChI=1S/C18H30N2O/c1-13(2)10-15(20(4)5)11-19-18-14(3)12-21-17-9-7-6-8-16(17)18/h6-9,13-15,18-19H,10-12H2,1-5H3. The molecular weight excluding hydrogens is 260 g/mol. The highest BCUT2D eigenvalue weighted by Gasteiger charge is 2.28. The van der Waals surface area contributed by atoms with Crippen LogP contribution in [0.3, 0.4) is 0 Å². The number of para-hydroxylation sites is 1. The Bertz CT molecular complexity index is 445. The Morgan fingerprint density at radius 1 is 1.29 bits per heavy atom. The Kier molecular flexibility index (Phi) is 5.65. The number of benzene rings is 1. The second kappa shape index (κ2) is 7.28. The summed E-state index contributed by atoms with van der Waals surface area (Å²) in [4.78, 5) is 2.34. The summed E-state index contributed by atoms with van der Waals surface area (Å²) in [6.07, 6.45) is 1.22. The smallest absolute Gasteiger partial charge is 0.124 e. The van der Waals surface area contributed by atoms with E-state index in [1.807, 2.05) is 6.07 Å². The van der Waals surface area contributed by atoms with E-state index >= 15 is 0 Å². The average molecular weight is 290 g/mol. The van der Waals surface area contributed by atoms with Crippen molar-refractivity contribution in [2.24, 2.45) is 11.8 Å². The van der Waals surface area contributed by atoms with E-state index in [4.69, 9.17) is 4.74 Å². The van der Waals surface area contributed by atoms with Crippen LogP contribution in [0, 0.1) is 11.8 Å². The topological polar surface area (TPSA) is 24.5 Å². The lowest BCUT2D eigenvalue weighted by molar-refractivity contribution is 0.173. The molecular formula is C18H30N2O. The Balaban J connectivity index is 2.04. The molecule has 0 amide bonds. The van der Waals surface area contributed by atoms with Gasteiger partial charge in [-0.05, 0) is 32.5 Å².